The van der Waals surface area contributed by atoms with Crippen LogP contribution in [0.15, 0.2) is 36.5 Å². The molecule has 1 unspecified atom stereocenters. The Hall–Kier alpha value is -2.87. The van der Waals surface area contributed by atoms with Crippen molar-refractivity contribution >= 4 is 35.3 Å². The number of benzene rings is 1. The molecule has 1 aromatic heterocycles. The summed E-state index contributed by atoms with van der Waals surface area (Å²) in [7, 11) is 1.75. The lowest BCUT2D eigenvalue weighted by Crippen LogP contribution is -2.31. The van der Waals surface area contributed by atoms with Crippen LogP contribution in [0.2, 0.25) is 5.02 Å². The van der Waals surface area contributed by atoms with E-state index >= 15 is 0 Å². The molecule has 0 saturated carbocycles. The number of aromatic nitrogens is 2. The number of anilines is 1. The highest BCUT2D eigenvalue weighted by molar-refractivity contribution is 6.31. The van der Waals surface area contributed by atoms with E-state index < -0.39 is 12.1 Å². The van der Waals surface area contributed by atoms with E-state index in [0.717, 1.165) is 4.90 Å². The lowest BCUT2D eigenvalue weighted by molar-refractivity contribution is -0.128. The van der Waals surface area contributed by atoms with Gasteiger partial charge in [0.1, 0.15) is 6.04 Å². The van der Waals surface area contributed by atoms with E-state index in [9.17, 15) is 14.4 Å². The maximum absolute atomic E-state index is 12.5. The molecular weight excluding hydrogens is 358 g/mol. The predicted octanol–water partition coefficient (Wildman–Crippen LogP) is 1.91. The molecule has 1 aliphatic rings. The Labute approximate surface area is 155 Å². The first-order valence-electron chi connectivity index (χ1n) is 8.09. The van der Waals surface area contributed by atoms with E-state index in [1.165, 1.54) is 0 Å². The minimum Gasteiger partial charge on any atom is -0.326 e. The number of carbonyl (C=O) groups excluding carboxylic acids is 3. The van der Waals surface area contributed by atoms with Crippen LogP contribution in [0, 0.1) is 0 Å². The van der Waals surface area contributed by atoms with Gasteiger partial charge in [-0.15, -0.1) is 0 Å². The minimum absolute atomic E-state index is 0.0905. The van der Waals surface area contributed by atoms with Gasteiger partial charge in [-0.05, 0) is 18.1 Å². The Kier molecular flexibility index (Phi) is 5.22. The van der Waals surface area contributed by atoms with Crippen molar-refractivity contribution in [3.8, 4) is 0 Å². The zero-order valence-corrected chi connectivity index (χ0v) is 14.9. The molecule has 0 bridgehead atoms. The molecule has 1 aliphatic heterocycles. The first kappa shape index (κ1) is 17.9. The van der Waals surface area contributed by atoms with Crippen LogP contribution in [-0.4, -0.2) is 38.6 Å². The van der Waals surface area contributed by atoms with Crippen LogP contribution in [0.5, 0.6) is 0 Å². The molecule has 1 atom stereocenters. The second kappa shape index (κ2) is 7.57. The van der Waals surface area contributed by atoms with Crippen LogP contribution in [0.1, 0.15) is 18.4 Å². The third-order valence-electron chi connectivity index (χ3n) is 4.03. The topological polar surface area (TPSA) is 96.3 Å². The van der Waals surface area contributed by atoms with Crippen molar-refractivity contribution in [3.63, 3.8) is 0 Å². The number of halogens is 1. The molecule has 0 spiro atoms. The minimum atomic E-state index is -0.723. The number of aryl methyl sites for hydroxylation is 1. The molecular formula is C17H18ClN5O3. The van der Waals surface area contributed by atoms with E-state index in [1.54, 1.807) is 48.3 Å². The van der Waals surface area contributed by atoms with Crippen LogP contribution in [-0.2, 0) is 23.2 Å². The standard InChI is InChI=1S/C17H18ClN5O3/c1-22-9-8-14(21-22)20-15(24)7-6-13-16(25)23(17(26)19-13)10-11-4-2-3-5-12(11)18/h2-5,8-9,13H,6-7,10H2,1H3,(H,19,26)(H,20,21,24). The summed E-state index contributed by atoms with van der Waals surface area (Å²) in [5.41, 5.74) is 0.686. The molecule has 9 heteroatoms. The Bertz CT molecular complexity index is 850. The average Bonchev–Trinajstić information content (AvgIpc) is 3.12. The average molecular weight is 376 g/mol. The predicted molar refractivity (Wildman–Crippen MR) is 95.4 cm³/mol. The monoisotopic (exact) mass is 375 g/mol. The van der Waals surface area contributed by atoms with Gasteiger partial charge < -0.3 is 10.6 Å². The molecule has 1 fully saturated rings. The van der Waals surface area contributed by atoms with E-state index in [0.29, 0.717) is 16.4 Å². The first-order chi connectivity index (χ1) is 12.4. The molecule has 1 saturated heterocycles. The van der Waals surface area contributed by atoms with Gasteiger partial charge in [0.15, 0.2) is 5.82 Å². The lowest BCUT2D eigenvalue weighted by Gasteiger charge is -2.14. The van der Waals surface area contributed by atoms with Gasteiger partial charge in [-0.2, -0.15) is 5.10 Å². The van der Waals surface area contributed by atoms with Gasteiger partial charge in [0.25, 0.3) is 5.91 Å². The normalized spacial score (nSPS) is 16.7. The summed E-state index contributed by atoms with van der Waals surface area (Å²) in [6.07, 6.45) is 2.01. The Morgan fingerprint density at radius 3 is 2.77 bits per heavy atom. The summed E-state index contributed by atoms with van der Waals surface area (Å²) >= 11 is 6.09. The number of urea groups is 1. The molecule has 4 amide bonds. The van der Waals surface area contributed by atoms with Gasteiger partial charge in [-0.3, -0.25) is 19.2 Å². The van der Waals surface area contributed by atoms with E-state index in [4.69, 9.17) is 11.6 Å². The molecule has 8 nitrogen and oxygen atoms in total. The summed E-state index contributed by atoms with van der Waals surface area (Å²) in [5.74, 6) is -0.185. The number of imide groups is 1. The van der Waals surface area contributed by atoms with Gasteiger partial charge in [0.05, 0.1) is 6.54 Å². The highest BCUT2D eigenvalue weighted by Gasteiger charge is 2.38. The maximum atomic E-state index is 12.5. The number of carbonyl (C=O) groups is 3. The fourth-order valence-electron chi connectivity index (χ4n) is 2.68. The molecule has 26 heavy (non-hydrogen) atoms. The van der Waals surface area contributed by atoms with Crippen molar-refractivity contribution in [3.05, 3.63) is 47.1 Å². The van der Waals surface area contributed by atoms with Crippen molar-refractivity contribution in [2.75, 3.05) is 5.32 Å². The molecule has 2 heterocycles. The highest BCUT2D eigenvalue weighted by atomic mass is 35.5. The van der Waals surface area contributed by atoms with Crippen molar-refractivity contribution < 1.29 is 14.4 Å². The Balaban J connectivity index is 1.55. The van der Waals surface area contributed by atoms with Crippen LogP contribution >= 0.6 is 11.6 Å². The molecule has 1 aromatic carbocycles. The van der Waals surface area contributed by atoms with Gasteiger partial charge >= 0.3 is 6.03 Å². The van der Waals surface area contributed by atoms with Gasteiger partial charge in [-0.1, -0.05) is 29.8 Å². The summed E-state index contributed by atoms with van der Waals surface area (Å²) < 4.78 is 1.57. The summed E-state index contributed by atoms with van der Waals surface area (Å²) in [6.45, 7) is 0.0982. The van der Waals surface area contributed by atoms with Crippen molar-refractivity contribution in [1.29, 1.82) is 0 Å². The van der Waals surface area contributed by atoms with Crippen LogP contribution < -0.4 is 10.6 Å². The second-order valence-electron chi connectivity index (χ2n) is 5.98. The van der Waals surface area contributed by atoms with Crippen LogP contribution in [0.25, 0.3) is 0 Å². The van der Waals surface area contributed by atoms with E-state index in [1.807, 2.05) is 0 Å². The summed E-state index contributed by atoms with van der Waals surface area (Å²) in [4.78, 5) is 37.6. The largest absolute Gasteiger partial charge is 0.326 e. The van der Waals surface area contributed by atoms with Gasteiger partial charge in [0.2, 0.25) is 5.91 Å². The summed E-state index contributed by atoms with van der Waals surface area (Å²) in [6, 6.07) is 7.50. The van der Waals surface area contributed by atoms with Crippen molar-refractivity contribution in [2.24, 2.45) is 7.05 Å². The van der Waals surface area contributed by atoms with Crippen molar-refractivity contribution in [2.45, 2.75) is 25.4 Å². The molecule has 2 aromatic rings. The van der Waals surface area contributed by atoms with Gasteiger partial charge in [-0.25, -0.2) is 4.79 Å². The third-order valence-corrected chi connectivity index (χ3v) is 4.40. The van der Waals surface area contributed by atoms with Crippen LogP contribution in [0.4, 0.5) is 10.6 Å². The lowest BCUT2D eigenvalue weighted by atomic mass is 10.1. The third kappa shape index (κ3) is 4.02. The molecule has 2 N–H and O–H groups in total. The number of rotatable bonds is 6. The number of amides is 4. The zero-order valence-electron chi connectivity index (χ0n) is 14.1. The molecule has 3 rings (SSSR count). The quantitative estimate of drug-likeness (QED) is 0.754. The number of hydrogen-bond acceptors (Lipinski definition) is 4. The highest BCUT2D eigenvalue weighted by Crippen LogP contribution is 2.20. The number of nitrogens with one attached hydrogen (secondary N) is 2. The summed E-state index contributed by atoms with van der Waals surface area (Å²) in [5, 5.41) is 9.80. The Morgan fingerprint density at radius 1 is 1.31 bits per heavy atom. The van der Waals surface area contributed by atoms with E-state index in [2.05, 4.69) is 15.7 Å². The van der Waals surface area contributed by atoms with Crippen LogP contribution in [0.3, 0.4) is 0 Å². The zero-order chi connectivity index (χ0) is 18.7. The number of nitrogens with zero attached hydrogens (tertiary/aromatic N) is 3. The maximum Gasteiger partial charge on any atom is 0.325 e. The smallest absolute Gasteiger partial charge is 0.325 e. The fraction of sp³-hybridized carbons (Fsp3) is 0.294. The van der Waals surface area contributed by atoms with E-state index in [-0.39, 0.29) is 31.2 Å². The molecule has 136 valence electrons. The number of hydrogen-bond donors (Lipinski definition) is 2. The molecule has 0 radical (unpaired) electrons. The SMILES string of the molecule is Cn1ccc(NC(=O)CCC2NC(=O)N(Cc3ccccc3Cl)C2=O)n1. The Morgan fingerprint density at radius 2 is 2.08 bits per heavy atom. The molecule has 0 aliphatic carbocycles. The van der Waals surface area contributed by atoms with Gasteiger partial charge in [0, 0.05) is 30.8 Å². The fourth-order valence-corrected chi connectivity index (χ4v) is 2.88. The first-order valence-corrected chi connectivity index (χ1v) is 8.46. The van der Waals surface area contributed by atoms with Crippen molar-refractivity contribution in [1.82, 2.24) is 20.0 Å². The second-order valence-corrected chi connectivity index (χ2v) is 6.39.